The maximum atomic E-state index is 11.8. The van der Waals surface area contributed by atoms with E-state index in [1.807, 2.05) is 6.07 Å². The lowest BCUT2D eigenvalue weighted by molar-refractivity contribution is -0.121. The van der Waals surface area contributed by atoms with Crippen molar-refractivity contribution in [2.75, 3.05) is 40.0 Å². The summed E-state index contributed by atoms with van der Waals surface area (Å²) in [5, 5.41) is 7.88. The molecule has 0 radical (unpaired) electrons. The summed E-state index contributed by atoms with van der Waals surface area (Å²) in [5.41, 5.74) is 8.80. The van der Waals surface area contributed by atoms with Crippen molar-refractivity contribution in [1.82, 2.24) is 25.4 Å². The van der Waals surface area contributed by atoms with Crippen molar-refractivity contribution in [3.63, 3.8) is 0 Å². The number of nitrogens with one attached hydrogen (secondary N) is 2. The van der Waals surface area contributed by atoms with Gasteiger partial charge in [-0.05, 0) is 59.6 Å². The van der Waals surface area contributed by atoms with Gasteiger partial charge in [0.2, 0.25) is 17.7 Å². The minimum atomic E-state index is -0.209. The Labute approximate surface area is 326 Å². The van der Waals surface area contributed by atoms with Crippen LogP contribution in [0.4, 0.5) is 0 Å². The number of benzene rings is 3. The Hall–Kier alpha value is -3.99. The van der Waals surface area contributed by atoms with Gasteiger partial charge >= 0.3 is 0 Å². The average Bonchev–Trinajstić information content (AvgIpc) is 3.86. The van der Waals surface area contributed by atoms with E-state index in [0.29, 0.717) is 35.5 Å². The number of halogens is 2. The van der Waals surface area contributed by atoms with E-state index >= 15 is 0 Å². The first-order valence-corrected chi connectivity index (χ1v) is 19.8. The molecule has 4 aromatic rings. The largest absolute Gasteiger partial charge is 0.481 e. The van der Waals surface area contributed by atoms with Crippen molar-refractivity contribution >= 4 is 34.9 Å². The van der Waals surface area contributed by atoms with Crippen molar-refractivity contribution in [3.8, 4) is 34.0 Å². The molecule has 2 N–H and O–H groups in total. The van der Waals surface area contributed by atoms with Crippen molar-refractivity contribution in [3.05, 3.63) is 99.0 Å². The van der Waals surface area contributed by atoms with Crippen LogP contribution in [-0.2, 0) is 29.1 Å². The number of likely N-dealkylation sites (tertiary alicyclic amines) is 2. The van der Waals surface area contributed by atoms with Gasteiger partial charge in [0.05, 0.1) is 17.7 Å². The number of methoxy groups -OCH3 is 1. The molecule has 5 aliphatic rings. The Morgan fingerprint density at radius 1 is 0.889 bits per heavy atom. The van der Waals surface area contributed by atoms with Crippen LogP contribution in [0, 0.1) is 5.41 Å². The predicted molar refractivity (Wildman–Crippen MR) is 210 cm³/mol. The molecule has 3 aliphatic heterocycles. The standard InChI is InChI=1S/C43H45Cl2N5O4/c1-53-40-29(21-49-24-43(25-49)17-15-38(52)48-43)18-36(44)41(47-40)54-37-13-12-33-32(5-3-6-34(33)37)35-7-2-4-31(39(35)45)28-10-8-27(9-11-28)20-46-26-50-22-42(23-50)16-14-30(51)19-42/h2-11,18,37,46H,12-17,19-26H2,1H3,(H,48,52)/t37-/m0/s1. The third-order valence-electron chi connectivity index (χ3n) is 12.2. The fraction of sp³-hybridized carbons (Fsp3) is 0.419. The minimum Gasteiger partial charge on any atom is -0.481 e. The lowest BCUT2D eigenvalue weighted by Crippen LogP contribution is -2.66. The highest BCUT2D eigenvalue weighted by molar-refractivity contribution is 6.36. The summed E-state index contributed by atoms with van der Waals surface area (Å²) in [6.07, 6.45) is 5.48. The number of aromatic nitrogens is 1. The molecule has 54 heavy (non-hydrogen) atoms. The summed E-state index contributed by atoms with van der Waals surface area (Å²) in [5.74, 6) is 1.42. The third-order valence-corrected chi connectivity index (χ3v) is 12.8. The number of amides is 1. The summed E-state index contributed by atoms with van der Waals surface area (Å²) in [6.45, 7) is 5.92. The smallest absolute Gasteiger partial charge is 0.236 e. The molecule has 9 nitrogen and oxygen atoms in total. The number of hydrogen-bond donors (Lipinski definition) is 2. The second-order valence-electron chi connectivity index (χ2n) is 16.1. The molecule has 3 saturated heterocycles. The predicted octanol–water partition coefficient (Wildman–Crippen LogP) is 7.36. The lowest BCUT2D eigenvalue weighted by atomic mass is 9.78. The normalized spacial score (nSPS) is 21.3. The third kappa shape index (κ3) is 6.79. The highest BCUT2D eigenvalue weighted by atomic mass is 35.5. The van der Waals surface area contributed by atoms with Gasteiger partial charge in [0, 0.05) is 87.3 Å². The van der Waals surface area contributed by atoms with Crippen LogP contribution in [-0.4, -0.2) is 72.0 Å². The van der Waals surface area contributed by atoms with Crippen molar-refractivity contribution in [2.24, 2.45) is 5.41 Å². The Balaban J connectivity index is 0.855. The quantitative estimate of drug-likeness (QED) is 0.164. The summed E-state index contributed by atoms with van der Waals surface area (Å²) in [4.78, 5) is 32.9. The van der Waals surface area contributed by atoms with Crippen LogP contribution in [0.1, 0.15) is 66.9 Å². The number of ketones is 1. The molecule has 4 heterocycles. The SMILES string of the molecule is COc1nc(O[C@H]2CCc3c(-c4cccc(-c5ccc(CNCN6CC7(CCC(=O)C7)C6)cc5)c4Cl)cccc32)c(Cl)cc1CN1CC2(CCC(=O)N2)C1. The number of rotatable bonds is 11. The van der Waals surface area contributed by atoms with E-state index in [0.717, 1.165) is 116 Å². The Kier molecular flexibility index (Phi) is 9.43. The minimum absolute atomic E-state index is 0.0902. The number of hydrogen-bond acceptors (Lipinski definition) is 8. The first-order chi connectivity index (χ1) is 26.2. The molecule has 2 spiro atoms. The van der Waals surface area contributed by atoms with Gasteiger partial charge in [-0.2, -0.15) is 4.98 Å². The number of nitrogens with zero attached hydrogens (tertiary/aromatic N) is 3. The maximum Gasteiger partial charge on any atom is 0.236 e. The fourth-order valence-corrected chi connectivity index (χ4v) is 10.1. The van der Waals surface area contributed by atoms with Gasteiger partial charge in [0.15, 0.2) is 0 Å². The van der Waals surface area contributed by atoms with E-state index in [9.17, 15) is 9.59 Å². The molecule has 1 saturated carbocycles. The average molecular weight is 767 g/mol. The zero-order valence-electron chi connectivity index (χ0n) is 30.6. The zero-order valence-corrected chi connectivity index (χ0v) is 32.1. The summed E-state index contributed by atoms with van der Waals surface area (Å²) in [7, 11) is 1.62. The fourth-order valence-electron chi connectivity index (χ4n) is 9.57. The van der Waals surface area contributed by atoms with Gasteiger partial charge in [0.1, 0.15) is 16.9 Å². The first kappa shape index (κ1) is 35.7. The molecule has 3 aromatic carbocycles. The van der Waals surface area contributed by atoms with Gasteiger partial charge < -0.3 is 20.1 Å². The lowest BCUT2D eigenvalue weighted by Gasteiger charge is -2.48. The Bertz CT molecular complexity index is 2110. The van der Waals surface area contributed by atoms with Crippen LogP contribution in [0.2, 0.25) is 10.0 Å². The van der Waals surface area contributed by atoms with E-state index < -0.39 is 0 Å². The number of carbonyl (C=O) groups is 2. The van der Waals surface area contributed by atoms with Crippen molar-refractivity contribution in [2.45, 2.75) is 69.7 Å². The number of pyridine rings is 1. The second-order valence-corrected chi connectivity index (χ2v) is 16.9. The molecule has 11 heteroatoms. The van der Waals surface area contributed by atoms with Crippen LogP contribution in [0.5, 0.6) is 11.8 Å². The molecular formula is C43H45Cl2N5O4. The molecule has 1 aromatic heterocycles. The van der Waals surface area contributed by atoms with Crippen molar-refractivity contribution in [1.29, 1.82) is 0 Å². The van der Waals surface area contributed by atoms with Crippen LogP contribution in [0.15, 0.2) is 66.7 Å². The van der Waals surface area contributed by atoms with Gasteiger partial charge in [-0.3, -0.25) is 19.4 Å². The zero-order chi connectivity index (χ0) is 37.0. The molecular weight excluding hydrogens is 721 g/mol. The van der Waals surface area contributed by atoms with Gasteiger partial charge in [0.25, 0.3) is 0 Å². The summed E-state index contributed by atoms with van der Waals surface area (Å²) in [6, 6.07) is 23.1. The van der Waals surface area contributed by atoms with Gasteiger partial charge in [-0.15, -0.1) is 0 Å². The topological polar surface area (TPSA) is 96.0 Å². The summed E-state index contributed by atoms with van der Waals surface area (Å²) < 4.78 is 12.2. The molecule has 1 atom stereocenters. The monoisotopic (exact) mass is 765 g/mol. The molecule has 280 valence electrons. The first-order valence-electron chi connectivity index (χ1n) is 19.1. The number of Topliss-reactive ketones (excluding diaryl/α,β-unsaturated/α-hetero) is 1. The van der Waals surface area contributed by atoms with E-state index in [-0.39, 0.29) is 23.0 Å². The van der Waals surface area contributed by atoms with Gasteiger partial charge in [-0.1, -0.05) is 83.9 Å². The van der Waals surface area contributed by atoms with E-state index in [2.05, 4.69) is 81.1 Å². The molecule has 4 fully saturated rings. The molecule has 2 aliphatic carbocycles. The van der Waals surface area contributed by atoms with Crippen LogP contribution < -0.4 is 20.1 Å². The molecule has 9 rings (SSSR count). The Morgan fingerprint density at radius 3 is 2.41 bits per heavy atom. The van der Waals surface area contributed by atoms with Crippen LogP contribution in [0.25, 0.3) is 22.3 Å². The second kappa shape index (κ2) is 14.3. The summed E-state index contributed by atoms with van der Waals surface area (Å²) >= 11 is 14.0. The molecule has 1 amide bonds. The maximum absolute atomic E-state index is 11.8. The Morgan fingerprint density at radius 2 is 1.67 bits per heavy atom. The van der Waals surface area contributed by atoms with E-state index in [1.54, 1.807) is 7.11 Å². The number of ether oxygens (including phenoxy) is 2. The van der Waals surface area contributed by atoms with Crippen LogP contribution in [0.3, 0.4) is 0 Å². The highest BCUT2D eigenvalue weighted by Gasteiger charge is 2.48. The van der Waals surface area contributed by atoms with E-state index in [4.69, 9.17) is 37.7 Å². The highest BCUT2D eigenvalue weighted by Crippen LogP contribution is 2.46. The van der Waals surface area contributed by atoms with E-state index in [1.165, 1.54) is 11.1 Å². The number of carbonyl (C=O) groups excluding carboxylic acids is 2. The van der Waals surface area contributed by atoms with Crippen LogP contribution >= 0.6 is 23.2 Å². The van der Waals surface area contributed by atoms with Gasteiger partial charge in [-0.25, -0.2) is 0 Å². The number of fused-ring (bicyclic) bond motifs is 1. The van der Waals surface area contributed by atoms with Crippen molar-refractivity contribution < 1.29 is 19.1 Å². The molecule has 0 unspecified atom stereocenters. The molecule has 0 bridgehead atoms.